The molecule has 0 saturated carbocycles. The quantitative estimate of drug-likeness (QED) is 0.612. The van der Waals surface area contributed by atoms with E-state index in [1.54, 1.807) is 0 Å². The summed E-state index contributed by atoms with van der Waals surface area (Å²) in [6.07, 6.45) is 11.3. The van der Waals surface area contributed by atoms with E-state index in [0.717, 1.165) is 24.8 Å². The van der Waals surface area contributed by atoms with Crippen LogP contribution in [-0.2, 0) is 0 Å². The third-order valence-corrected chi connectivity index (χ3v) is 3.18. The predicted molar refractivity (Wildman–Crippen MR) is 70.3 cm³/mol. The highest BCUT2D eigenvalue weighted by Gasteiger charge is 2.13. The Hall–Kier alpha value is -0.820. The van der Waals surface area contributed by atoms with E-state index in [1.807, 2.05) is 13.0 Å². The van der Waals surface area contributed by atoms with Gasteiger partial charge in [-0.2, -0.15) is 0 Å². The largest absolute Gasteiger partial charge is 0.385 e. The van der Waals surface area contributed by atoms with Gasteiger partial charge in [0.15, 0.2) is 0 Å². The third-order valence-electron chi connectivity index (χ3n) is 3.18. The Morgan fingerprint density at radius 1 is 1.25 bits per heavy atom. The maximum absolute atomic E-state index is 9.92. The average Bonchev–Trinajstić information content (AvgIpc) is 2.23. The maximum Gasteiger partial charge on any atom is 0.0929 e. The first kappa shape index (κ1) is 13.2. The first-order valence-corrected chi connectivity index (χ1v) is 6.10. The summed E-state index contributed by atoms with van der Waals surface area (Å²) >= 11 is 0. The van der Waals surface area contributed by atoms with Crippen LogP contribution in [-0.4, -0.2) is 11.2 Å². The Balaban J connectivity index is 2.90. The Kier molecular flexibility index (Phi) is 4.55. The Morgan fingerprint density at radius 2 is 1.94 bits per heavy atom. The molecule has 0 aromatic rings. The lowest BCUT2D eigenvalue weighted by molar-refractivity contribution is 0.256. The lowest BCUT2D eigenvalue weighted by atomic mass is 9.87. The molecule has 0 aliphatic heterocycles. The van der Waals surface area contributed by atoms with E-state index in [1.165, 1.54) is 5.57 Å². The summed E-state index contributed by atoms with van der Waals surface area (Å²) in [5, 5.41) is 9.92. The topological polar surface area (TPSA) is 20.2 Å². The van der Waals surface area contributed by atoms with Crippen molar-refractivity contribution in [2.45, 2.75) is 53.1 Å². The molecule has 0 aromatic carbocycles. The second-order valence-electron chi connectivity index (χ2n) is 5.53. The average molecular weight is 220 g/mol. The van der Waals surface area contributed by atoms with Gasteiger partial charge in [0.05, 0.1) is 6.10 Å². The van der Waals surface area contributed by atoms with Crippen LogP contribution in [0.2, 0.25) is 0 Å². The van der Waals surface area contributed by atoms with Crippen molar-refractivity contribution in [3.63, 3.8) is 0 Å². The predicted octanol–water partition coefficient (Wildman–Crippen LogP) is 4.01. The monoisotopic (exact) mass is 220 g/mol. The lowest BCUT2D eigenvalue weighted by Gasteiger charge is -2.19. The van der Waals surface area contributed by atoms with E-state index in [0.29, 0.717) is 0 Å². The number of aliphatic hydroxyl groups is 1. The van der Waals surface area contributed by atoms with Gasteiger partial charge in [0.2, 0.25) is 0 Å². The van der Waals surface area contributed by atoms with Gasteiger partial charge in [0.1, 0.15) is 0 Å². The molecule has 0 bridgehead atoms. The van der Waals surface area contributed by atoms with Crippen LogP contribution in [0.4, 0.5) is 0 Å². The van der Waals surface area contributed by atoms with Crippen LogP contribution >= 0.6 is 0 Å². The van der Waals surface area contributed by atoms with E-state index < -0.39 is 6.10 Å². The molecule has 1 nitrogen and oxygen atoms in total. The SMILES string of the molecule is C/C1=C\CC(C)(C)/C=C/[C@@H](O)/C(C)=C/CC1. The van der Waals surface area contributed by atoms with Crippen molar-refractivity contribution < 1.29 is 5.11 Å². The van der Waals surface area contributed by atoms with Crippen molar-refractivity contribution in [2.24, 2.45) is 5.41 Å². The number of hydrogen-bond acceptors (Lipinski definition) is 1. The summed E-state index contributed by atoms with van der Waals surface area (Å²) in [4.78, 5) is 0. The smallest absolute Gasteiger partial charge is 0.0929 e. The molecule has 0 unspecified atom stereocenters. The van der Waals surface area contributed by atoms with Crippen molar-refractivity contribution in [1.29, 1.82) is 0 Å². The van der Waals surface area contributed by atoms with Crippen LogP contribution in [0, 0.1) is 5.41 Å². The summed E-state index contributed by atoms with van der Waals surface area (Å²) in [5.41, 5.74) is 2.64. The molecular formula is C15H24O. The summed E-state index contributed by atoms with van der Waals surface area (Å²) in [5.74, 6) is 0. The van der Waals surface area contributed by atoms with Crippen molar-refractivity contribution >= 4 is 0 Å². The van der Waals surface area contributed by atoms with Gasteiger partial charge in [0.25, 0.3) is 0 Å². The molecule has 0 heterocycles. The van der Waals surface area contributed by atoms with Crippen LogP contribution in [0.3, 0.4) is 0 Å². The third kappa shape index (κ3) is 4.36. The minimum atomic E-state index is -0.419. The standard InChI is InChI=1S/C15H24O/c1-12-6-5-7-13(2)14(16)9-11-15(3,4)10-8-12/h7-9,11,14,16H,5-6,10H2,1-4H3/b11-9+,12-8+,13-7+/t14-/m1/s1. The zero-order valence-electron chi connectivity index (χ0n) is 11.0. The summed E-state index contributed by atoms with van der Waals surface area (Å²) in [6.45, 7) is 8.60. The lowest BCUT2D eigenvalue weighted by Crippen LogP contribution is -2.09. The van der Waals surface area contributed by atoms with Gasteiger partial charge in [0, 0.05) is 0 Å². The van der Waals surface area contributed by atoms with E-state index >= 15 is 0 Å². The van der Waals surface area contributed by atoms with Crippen molar-refractivity contribution in [2.75, 3.05) is 0 Å². The van der Waals surface area contributed by atoms with Crippen LogP contribution in [0.15, 0.2) is 35.5 Å². The molecule has 0 amide bonds. The molecule has 16 heavy (non-hydrogen) atoms. The molecule has 1 aliphatic carbocycles. The fraction of sp³-hybridized carbons (Fsp3) is 0.600. The minimum Gasteiger partial charge on any atom is -0.385 e. The first-order valence-electron chi connectivity index (χ1n) is 6.10. The molecular weight excluding hydrogens is 196 g/mol. The van der Waals surface area contributed by atoms with Gasteiger partial charge in [-0.25, -0.2) is 0 Å². The molecule has 0 radical (unpaired) electrons. The molecule has 0 aromatic heterocycles. The summed E-state index contributed by atoms with van der Waals surface area (Å²) in [7, 11) is 0. The molecule has 1 atom stereocenters. The second kappa shape index (κ2) is 5.49. The van der Waals surface area contributed by atoms with E-state index in [2.05, 4.69) is 39.0 Å². The highest BCUT2D eigenvalue weighted by molar-refractivity contribution is 5.16. The molecule has 1 N–H and O–H groups in total. The van der Waals surface area contributed by atoms with Crippen LogP contribution in [0.1, 0.15) is 47.0 Å². The molecule has 90 valence electrons. The summed E-state index contributed by atoms with van der Waals surface area (Å²) < 4.78 is 0. The molecule has 0 saturated heterocycles. The Morgan fingerprint density at radius 3 is 2.62 bits per heavy atom. The van der Waals surface area contributed by atoms with E-state index in [9.17, 15) is 5.11 Å². The van der Waals surface area contributed by atoms with Gasteiger partial charge in [-0.1, -0.05) is 43.7 Å². The van der Waals surface area contributed by atoms with Crippen molar-refractivity contribution in [3.05, 3.63) is 35.5 Å². The fourth-order valence-electron chi connectivity index (χ4n) is 1.76. The normalized spacial score (nSPS) is 35.2. The van der Waals surface area contributed by atoms with E-state index in [-0.39, 0.29) is 5.41 Å². The Labute approximate surface area is 99.6 Å². The molecule has 0 fully saturated rings. The van der Waals surface area contributed by atoms with Gasteiger partial charge >= 0.3 is 0 Å². The zero-order chi connectivity index (χ0) is 12.2. The fourth-order valence-corrected chi connectivity index (χ4v) is 1.76. The van der Waals surface area contributed by atoms with E-state index in [4.69, 9.17) is 0 Å². The number of aliphatic hydroxyl groups excluding tert-OH is 1. The number of allylic oxidation sites excluding steroid dienone is 4. The highest BCUT2D eigenvalue weighted by Crippen LogP contribution is 2.25. The van der Waals surface area contributed by atoms with Crippen LogP contribution in [0.25, 0.3) is 0 Å². The zero-order valence-corrected chi connectivity index (χ0v) is 11.0. The number of hydrogen-bond donors (Lipinski definition) is 1. The molecule has 1 aliphatic rings. The minimum absolute atomic E-state index is 0.132. The maximum atomic E-state index is 9.92. The molecule has 1 heteroatoms. The van der Waals surface area contributed by atoms with Gasteiger partial charge in [-0.05, 0) is 44.1 Å². The van der Waals surface area contributed by atoms with Gasteiger partial charge < -0.3 is 5.11 Å². The van der Waals surface area contributed by atoms with Gasteiger partial charge in [-0.15, -0.1) is 0 Å². The molecule has 0 spiro atoms. The second-order valence-corrected chi connectivity index (χ2v) is 5.53. The molecule has 1 rings (SSSR count). The van der Waals surface area contributed by atoms with Crippen molar-refractivity contribution in [3.8, 4) is 0 Å². The van der Waals surface area contributed by atoms with Crippen molar-refractivity contribution in [1.82, 2.24) is 0 Å². The van der Waals surface area contributed by atoms with Gasteiger partial charge in [-0.3, -0.25) is 0 Å². The number of rotatable bonds is 0. The highest BCUT2D eigenvalue weighted by atomic mass is 16.3. The van der Waals surface area contributed by atoms with Crippen LogP contribution in [0.5, 0.6) is 0 Å². The summed E-state index contributed by atoms with van der Waals surface area (Å²) in [6, 6.07) is 0. The Bertz CT molecular complexity index is 318. The van der Waals surface area contributed by atoms with Crippen LogP contribution < -0.4 is 0 Å². The first-order chi connectivity index (χ1) is 7.41.